The van der Waals surface area contributed by atoms with E-state index in [0.29, 0.717) is 0 Å². The molecule has 0 aromatic rings. The Balaban J connectivity index is 4.26. The Hall–Kier alpha value is 0.394. The van der Waals surface area contributed by atoms with E-state index in [0.717, 1.165) is 11.1 Å². The second kappa shape index (κ2) is 12.2. The summed E-state index contributed by atoms with van der Waals surface area (Å²) < 4.78 is 6.74. The fraction of sp³-hybridized carbons (Fsp3) is 1.00. The molecule has 0 aromatic carbocycles. The molecule has 3 heteroatoms. The van der Waals surface area contributed by atoms with Crippen molar-refractivity contribution in [3.63, 3.8) is 0 Å². The quantitative estimate of drug-likeness (QED) is 0.334. The maximum absolute atomic E-state index is 6.74. The van der Waals surface area contributed by atoms with Crippen LogP contribution in [0.15, 0.2) is 0 Å². The Labute approximate surface area is 126 Å². The molecule has 0 heterocycles. The van der Waals surface area contributed by atoms with Crippen LogP contribution in [-0.4, -0.2) is 18.1 Å². The first-order valence-corrected chi connectivity index (χ1v) is 12.6. The summed E-state index contributed by atoms with van der Waals surface area (Å²) in [6.45, 7) is 14.1. The van der Waals surface area contributed by atoms with Crippen LogP contribution < -0.4 is 0 Å². The van der Waals surface area contributed by atoms with Gasteiger partial charge in [0.2, 0.25) is 0 Å². The van der Waals surface area contributed by atoms with Crippen molar-refractivity contribution in [2.24, 2.45) is 0 Å². The van der Waals surface area contributed by atoms with Gasteiger partial charge in [0, 0.05) is 0 Å². The third-order valence-corrected chi connectivity index (χ3v) is 11.5. The van der Waals surface area contributed by atoms with E-state index in [4.69, 9.17) is 4.12 Å². The van der Waals surface area contributed by atoms with Crippen LogP contribution in [0.5, 0.6) is 0 Å². The van der Waals surface area contributed by atoms with Crippen LogP contribution in [0.4, 0.5) is 0 Å². The lowest BCUT2D eigenvalue weighted by Crippen LogP contribution is -2.33. The summed E-state index contributed by atoms with van der Waals surface area (Å²) in [5.41, 5.74) is 1.60. The van der Waals surface area contributed by atoms with Gasteiger partial charge in [0.05, 0.1) is 0 Å². The summed E-state index contributed by atoms with van der Waals surface area (Å²) >= 11 is 0. The second-order valence-corrected chi connectivity index (χ2v) is 13.8. The molecule has 0 amide bonds. The van der Waals surface area contributed by atoms with Crippen LogP contribution in [0.2, 0.25) is 23.2 Å². The molecule has 1 nitrogen and oxygen atoms in total. The molecule has 0 aliphatic carbocycles. The van der Waals surface area contributed by atoms with Crippen LogP contribution in [0.1, 0.15) is 80.1 Å². The average molecular weight is 303 g/mol. The Bertz CT molecular complexity index is 177. The van der Waals surface area contributed by atoms with Gasteiger partial charge in [-0.2, -0.15) is 0 Å². The minimum Gasteiger partial charge on any atom is -0.459 e. The van der Waals surface area contributed by atoms with E-state index in [1.165, 1.54) is 50.6 Å². The lowest BCUT2D eigenvalue weighted by molar-refractivity contribution is 0.530. The van der Waals surface area contributed by atoms with Crippen molar-refractivity contribution in [1.82, 2.24) is 0 Å². The third kappa shape index (κ3) is 9.86. The van der Waals surface area contributed by atoms with E-state index in [1.54, 1.807) is 0 Å². The normalized spacial score (nSPS) is 12.3. The molecule has 0 fully saturated rings. The van der Waals surface area contributed by atoms with Gasteiger partial charge in [-0.1, -0.05) is 80.1 Å². The predicted molar refractivity (Wildman–Crippen MR) is 94.2 cm³/mol. The summed E-state index contributed by atoms with van der Waals surface area (Å²) in [4.78, 5) is 0. The van der Waals surface area contributed by atoms with Gasteiger partial charge in [-0.15, -0.1) is 0 Å². The monoisotopic (exact) mass is 302 g/mol. The van der Waals surface area contributed by atoms with Gasteiger partial charge in [0.15, 0.2) is 18.1 Å². The first-order chi connectivity index (χ1) is 9.02. The van der Waals surface area contributed by atoms with Crippen molar-refractivity contribution in [3.8, 4) is 0 Å². The molecule has 0 bridgehead atoms. The van der Waals surface area contributed by atoms with Crippen molar-refractivity contribution in [2.75, 3.05) is 0 Å². The first-order valence-electron chi connectivity index (χ1n) is 8.68. The fourth-order valence-electron chi connectivity index (χ4n) is 2.83. The van der Waals surface area contributed by atoms with Gasteiger partial charge in [-0.3, -0.25) is 0 Å². The van der Waals surface area contributed by atoms with Crippen LogP contribution >= 0.6 is 0 Å². The molecule has 0 aliphatic heterocycles. The van der Waals surface area contributed by atoms with Crippen LogP contribution in [-0.2, 0) is 4.12 Å². The minimum absolute atomic E-state index is 0.798. The summed E-state index contributed by atoms with van der Waals surface area (Å²) in [5.74, 6) is 0. The van der Waals surface area contributed by atoms with E-state index < -0.39 is 18.1 Å². The highest BCUT2D eigenvalue weighted by Crippen LogP contribution is 2.24. The highest BCUT2D eigenvalue weighted by atomic mass is 28.4. The number of unbranched alkanes of at least 4 members (excludes halogenated alkanes) is 4. The molecular weight excluding hydrogens is 264 g/mol. The Morgan fingerprint density at radius 3 is 1.47 bits per heavy atom. The van der Waals surface area contributed by atoms with Gasteiger partial charge in [-0.05, 0) is 23.2 Å². The Morgan fingerprint density at radius 1 is 0.737 bits per heavy atom. The molecule has 0 N–H and O–H groups in total. The zero-order valence-electron chi connectivity index (χ0n) is 14.4. The summed E-state index contributed by atoms with van der Waals surface area (Å²) in [7, 11) is -1.88. The predicted octanol–water partition coefficient (Wildman–Crippen LogP) is 5.65. The van der Waals surface area contributed by atoms with Crippen molar-refractivity contribution >= 4 is 18.1 Å². The molecule has 0 aromatic heterocycles. The van der Waals surface area contributed by atoms with Crippen LogP contribution in [0.3, 0.4) is 0 Å². The smallest absolute Gasteiger partial charge is 0.168 e. The molecule has 116 valence electrons. The van der Waals surface area contributed by atoms with E-state index in [1.807, 2.05) is 0 Å². The molecule has 0 saturated heterocycles. The summed E-state index contributed by atoms with van der Waals surface area (Å²) in [6.07, 6.45) is 8.30. The van der Waals surface area contributed by atoms with Crippen molar-refractivity contribution < 1.29 is 4.12 Å². The van der Waals surface area contributed by atoms with E-state index >= 15 is 0 Å². The molecule has 0 unspecified atom stereocenters. The molecule has 0 aliphatic rings. The van der Waals surface area contributed by atoms with Gasteiger partial charge in [0.1, 0.15) is 0 Å². The lowest BCUT2D eigenvalue weighted by Gasteiger charge is -2.29. The molecule has 0 saturated carbocycles. The minimum atomic E-state index is -0.980. The topological polar surface area (TPSA) is 9.23 Å². The van der Waals surface area contributed by atoms with Crippen molar-refractivity contribution in [1.29, 1.82) is 0 Å². The molecule has 0 radical (unpaired) electrons. The van der Waals surface area contributed by atoms with E-state index in [9.17, 15) is 0 Å². The number of hydrogen-bond donors (Lipinski definition) is 0. The molecular formula is C16H38OSi2. The molecule has 0 atom stereocenters. The van der Waals surface area contributed by atoms with Crippen molar-refractivity contribution in [3.05, 3.63) is 0 Å². The molecule has 0 rings (SSSR count). The third-order valence-electron chi connectivity index (χ3n) is 3.92. The maximum atomic E-state index is 6.74. The van der Waals surface area contributed by atoms with E-state index in [2.05, 4.69) is 41.5 Å². The summed E-state index contributed by atoms with van der Waals surface area (Å²) in [6, 6.07) is 2.86. The SMILES string of the molecule is CCCCC[SiH](CCCCC)O[SiH](C(C)C)C(C)C. The average Bonchev–Trinajstić information content (AvgIpc) is 2.34. The summed E-state index contributed by atoms with van der Waals surface area (Å²) in [5, 5.41) is 0. The van der Waals surface area contributed by atoms with Crippen LogP contribution in [0.25, 0.3) is 0 Å². The molecule has 19 heavy (non-hydrogen) atoms. The fourth-order valence-corrected chi connectivity index (χ4v) is 11.5. The van der Waals surface area contributed by atoms with E-state index in [-0.39, 0.29) is 0 Å². The molecule has 0 spiro atoms. The lowest BCUT2D eigenvalue weighted by atomic mass is 10.3. The Kier molecular flexibility index (Phi) is 12.4. The van der Waals surface area contributed by atoms with Crippen LogP contribution in [0, 0.1) is 0 Å². The maximum Gasteiger partial charge on any atom is 0.168 e. The highest BCUT2D eigenvalue weighted by molar-refractivity contribution is 6.67. The van der Waals surface area contributed by atoms with Gasteiger partial charge >= 0.3 is 0 Å². The van der Waals surface area contributed by atoms with Gasteiger partial charge in [0.25, 0.3) is 0 Å². The van der Waals surface area contributed by atoms with Gasteiger partial charge < -0.3 is 4.12 Å². The number of hydrogen-bond acceptors (Lipinski definition) is 1. The highest BCUT2D eigenvalue weighted by Gasteiger charge is 2.24. The zero-order valence-corrected chi connectivity index (χ0v) is 16.7. The number of rotatable bonds is 12. The zero-order chi connectivity index (χ0) is 14.7. The second-order valence-electron chi connectivity index (χ2n) is 6.70. The largest absolute Gasteiger partial charge is 0.459 e. The van der Waals surface area contributed by atoms with Crippen molar-refractivity contribution in [2.45, 2.75) is 103 Å². The first kappa shape index (κ1) is 19.4. The van der Waals surface area contributed by atoms with Gasteiger partial charge in [-0.25, -0.2) is 0 Å². The standard InChI is InChI=1S/C16H38OSi2/c1-7-9-11-13-18(14-12-10-8-2)17-19(15(3)4)16(5)6/h15-16,18-19H,7-14H2,1-6H3. The Morgan fingerprint density at radius 2 is 1.16 bits per heavy atom.